The Bertz CT molecular complexity index is 1150. The van der Waals surface area contributed by atoms with Crippen LogP contribution in [0.3, 0.4) is 0 Å². The number of hydrogen-bond acceptors (Lipinski definition) is 4. The maximum absolute atomic E-state index is 12.5. The number of methoxy groups -OCH3 is 1. The van der Waals surface area contributed by atoms with Gasteiger partial charge >= 0.3 is 0 Å². The highest BCUT2D eigenvalue weighted by Crippen LogP contribution is 2.22. The van der Waals surface area contributed by atoms with Crippen molar-refractivity contribution in [1.29, 1.82) is 0 Å². The minimum atomic E-state index is -0.360. The minimum absolute atomic E-state index is 0.264. The molecule has 3 aromatic carbocycles. The van der Waals surface area contributed by atoms with Gasteiger partial charge in [0.05, 0.1) is 23.4 Å². The Balaban J connectivity index is 1.69. The van der Waals surface area contributed by atoms with Crippen LogP contribution < -0.4 is 15.5 Å². The van der Waals surface area contributed by atoms with Crippen molar-refractivity contribution in [3.05, 3.63) is 93.5 Å². The van der Waals surface area contributed by atoms with Gasteiger partial charge < -0.3 is 10.1 Å². The maximum atomic E-state index is 12.5. The van der Waals surface area contributed by atoms with Gasteiger partial charge in [-0.25, -0.2) is 5.43 Å². The molecule has 0 aromatic heterocycles. The molecule has 0 aliphatic heterocycles. The third kappa shape index (κ3) is 5.84. The average molecular weight is 456 g/mol. The van der Waals surface area contributed by atoms with Gasteiger partial charge in [-0.2, -0.15) is 5.10 Å². The molecule has 158 valence electrons. The number of carbonyl (C=O) groups excluding carboxylic acids is 2. The van der Waals surface area contributed by atoms with Crippen LogP contribution in [-0.4, -0.2) is 24.6 Å². The largest absolute Gasteiger partial charge is 0.497 e. The van der Waals surface area contributed by atoms with Gasteiger partial charge in [0, 0.05) is 16.3 Å². The van der Waals surface area contributed by atoms with Crippen LogP contribution in [0.4, 0.5) is 5.69 Å². The first-order valence-electron chi connectivity index (χ1n) is 9.23. The second-order valence-corrected chi connectivity index (χ2v) is 7.37. The molecule has 0 atom stereocenters. The summed E-state index contributed by atoms with van der Waals surface area (Å²) in [6, 6.07) is 18.5. The number of carbonyl (C=O) groups is 2. The number of ether oxygens (including phenoxy) is 1. The SMILES string of the molecule is COc1ccc(C(=O)NN=C(C)c2cccc(NC(=O)c3ccc(Cl)cc3Cl)c2)cc1. The van der Waals surface area contributed by atoms with Gasteiger partial charge in [-0.3, -0.25) is 9.59 Å². The number of hydrazone groups is 1. The van der Waals surface area contributed by atoms with Gasteiger partial charge in [0.1, 0.15) is 5.75 Å². The van der Waals surface area contributed by atoms with E-state index in [1.165, 1.54) is 6.07 Å². The highest BCUT2D eigenvalue weighted by molar-refractivity contribution is 6.37. The molecule has 3 aromatic rings. The second-order valence-electron chi connectivity index (χ2n) is 6.53. The summed E-state index contributed by atoms with van der Waals surface area (Å²) in [7, 11) is 1.56. The van der Waals surface area contributed by atoms with Gasteiger partial charge in [0.25, 0.3) is 11.8 Å². The molecule has 0 spiro atoms. The van der Waals surface area contributed by atoms with Crippen molar-refractivity contribution in [3.63, 3.8) is 0 Å². The van der Waals surface area contributed by atoms with Gasteiger partial charge in [0.15, 0.2) is 0 Å². The summed E-state index contributed by atoms with van der Waals surface area (Å²) >= 11 is 12.0. The summed E-state index contributed by atoms with van der Waals surface area (Å²) in [5.41, 5.74) is 5.16. The smallest absolute Gasteiger partial charge is 0.271 e. The van der Waals surface area contributed by atoms with Crippen molar-refractivity contribution in [3.8, 4) is 5.75 Å². The van der Waals surface area contributed by atoms with Gasteiger partial charge in [-0.05, 0) is 67.1 Å². The van der Waals surface area contributed by atoms with Crippen molar-refractivity contribution in [1.82, 2.24) is 5.43 Å². The Morgan fingerprint density at radius 1 is 0.903 bits per heavy atom. The first kappa shape index (κ1) is 22.3. The first-order chi connectivity index (χ1) is 14.9. The van der Waals surface area contributed by atoms with Crippen LogP contribution >= 0.6 is 23.2 Å². The van der Waals surface area contributed by atoms with Crippen LogP contribution in [-0.2, 0) is 0 Å². The lowest BCUT2D eigenvalue weighted by Crippen LogP contribution is -2.19. The zero-order valence-corrected chi connectivity index (χ0v) is 18.3. The number of anilines is 1. The van der Waals surface area contributed by atoms with E-state index in [2.05, 4.69) is 15.8 Å². The lowest BCUT2D eigenvalue weighted by Gasteiger charge is -2.09. The van der Waals surface area contributed by atoms with Crippen LogP contribution in [0.15, 0.2) is 71.8 Å². The Kier molecular flexibility index (Phi) is 7.28. The van der Waals surface area contributed by atoms with Crippen LogP contribution in [0.1, 0.15) is 33.2 Å². The summed E-state index contributed by atoms with van der Waals surface area (Å²) in [5.74, 6) is -0.0416. The molecular formula is C23H19Cl2N3O3. The predicted octanol–water partition coefficient (Wildman–Crippen LogP) is 5.41. The van der Waals surface area contributed by atoms with Crippen LogP contribution in [0, 0.1) is 0 Å². The fourth-order valence-corrected chi connectivity index (χ4v) is 3.19. The van der Waals surface area contributed by atoms with Crippen LogP contribution in [0.5, 0.6) is 5.75 Å². The molecule has 6 nitrogen and oxygen atoms in total. The molecule has 0 bridgehead atoms. The predicted molar refractivity (Wildman–Crippen MR) is 124 cm³/mol. The normalized spacial score (nSPS) is 11.0. The van der Waals surface area contributed by atoms with Crippen LogP contribution in [0.2, 0.25) is 10.0 Å². The molecule has 3 rings (SSSR count). The summed E-state index contributed by atoms with van der Waals surface area (Å²) in [6.07, 6.45) is 0. The number of benzene rings is 3. The van der Waals surface area contributed by atoms with E-state index in [4.69, 9.17) is 27.9 Å². The summed E-state index contributed by atoms with van der Waals surface area (Å²) in [6.45, 7) is 1.76. The quantitative estimate of drug-likeness (QED) is 0.385. The summed E-state index contributed by atoms with van der Waals surface area (Å²) < 4.78 is 5.08. The van der Waals surface area contributed by atoms with E-state index in [9.17, 15) is 9.59 Å². The lowest BCUT2D eigenvalue weighted by molar-refractivity contribution is 0.0954. The fourth-order valence-electron chi connectivity index (χ4n) is 2.70. The van der Waals surface area contributed by atoms with Gasteiger partial charge in [-0.15, -0.1) is 0 Å². The molecular weight excluding hydrogens is 437 g/mol. The third-order valence-corrected chi connectivity index (χ3v) is 4.94. The molecule has 2 amide bonds. The number of rotatable bonds is 6. The van der Waals surface area contributed by atoms with Crippen molar-refractivity contribution in [2.75, 3.05) is 12.4 Å². The van der Waals surface area contributed by atoms with Crippen molar-refractivity contribution in [2.45, 2.75) is 6.92 Å². The van der Waals surface area contributed by atoms with E-state index in [0.29, 0.717) is 33.3 Å². The van der Waals surface area contributed by atoms with E-state index in [0.717, 1.165) is 5.56 Å². The maximum Gasteiger partial charge on any atom is 0.271 e. The zero-order chi connectivity index (χ0) is 22.4. The van der Waals surface area contributed by atoms with E-state index in [1.807, 2.05) is 6.07 Å². The number of amides is 2. The summed E-state index contributed by atoms with van der Waals surface area (Å²) in [4.78, 5) is 24.8. The lowest BCUT2D eigenvalue weighted by atomic mass is 10.1. The van der Waals surface area contributed by atoms with Crippen LogP contribution in [0.25, 0.3) is 0 Å². The number of halogens is 2. The molecule has 0 aliphatic carbocycles. The van der Waals surface area contributed by atoms with E-state index < -0.39 is 0 Å². The van der Waals surface area contributed by atoms with Gasteiger partial charge in [0.2, 0.25) is 0 Å². The van der Waals surface area contributed by atoms with E-state index in [1.54, 1.807) is 68.6 Å². The number of hydrogen-bond donors (Lipinski definition) is 2. The van der Waals surface area contributed by atoms with E-state index in [-0.39, 0.29) is 16.8 Å². The van der Waals surface area contributed by atoms with E-state index >= 15 is 0 Å². The third-order valence-electron chi connectivity index (χ3n) is 4.39. The number of nitrogens with one attached hydrogen (secondary N) is 2. The molecule has 0 fully saturated rings. The molecule has 0 radical (unpaired) electrons. The van der Waals surface area contributed by atoms with Gasteiger partial charge in [-0.1, -0.05) is 35.3 Å². The standard InChI is InChI=1S/C23H19Cl2N3O3/c1-14(27-28-22(29)15-6-9-19(31-2)10-7-15)16-4-3-5-18(12-16)26-23(30)20-11-8-17(24)13-21(20)25/h3-13H,1-2H3,(H,26,30)(H,28,29). The van der Waals surface area contributed by atoms with Crippen molar-refractivity contribution in [2.24, 2.45) is 5.10 Å². The minimum Gasteiger partial charge on any atom is -0.497 e. The topological polar surface area (TPSA) is 79.8 Å². The second kappa shape index (κ2) is 10.1. The highest BCUT2D eigenvalue weighted by Gasteiger charge is 2.12. The Morgan fingerprint density at radius 3 is 2.32 bits per heavy atom. The molecule has 0 saturated heterocycles. The molecule has 0 unspecified atom stereocenters. The molecule has 0 saturated carbocycles. The average Bonchev–Trinajstić information content (AvgIpc) is 2.77. The molecule has 2 N–H and O–H groups in total. The summed E-state index contributed by atoms with van der Waals surface area (Å²) in [5, 5.41) is 7.66. The Labute approximate surface area is 189 Å². The fraction of sp³-hybridized carbons (Fsp3) is 0.0870. The Hall–Kier alpha value is -3.35. The molecule has 8 heteroatoms. The number of nitrogens with zero attached hydrogens (tertiary/aromatic N) is 1. The molecule has 0 heterocycles. The van der Waals surface area contributed by atoms with Crippen molar-refractivity contribution < 1.29 is 14.3 Å². The molecule has 0 aliphatic rings. The Morgan fingerprint density at radius 2 is 1.65 bits per heavy atom. The first-order valence-corrected chi connectivity index (χ1v) is 9.98. The monoisotopic (exact) mass is 455 g/mol. The van der Waals surface area contributed by atoms with Crippen molar-refractivity contribution >= 4 is 46.4 Å². The zero-order valence-electron chi connectivity index (χ0n) is 16.8. The highest BCUT2D eigenvalue weighted by atomic mass is 35.5. The molecule has 31 heavy (non-hydrogen) atoms.